The van der Waals surface area contributed by atoms with E-state index in [2.05, 4.69) is 18.9 Å². The third-order valence-corrected chi connectivity index (χ3v) is 2.37. The van der Waals surface area contributed by atoms with Crippen LogP contribution in [0.15, 0.2) is 11.1 Å². The van der Waals surface area contributed by atoms with Gasteiger partial charge >= 0.3 is 0 Å². The van der Waals surface area contributed by atoms with Gasteiger partial charge in [0.15, 0.2) is 0 Å². The molecule has 1 aliphatic rings. The van der Waals surface area contributed by atoms with E-state index < -0.39 is 0 Å². The van der Waals surface area contributed by atoms with Crippen LogP contribution in [-0.2, 0) is 4.79 Å². The molecule has 0 aromatic heterocycles. The van der Waals surface area contributed by atoms with Crippen LogP contribution in [0.3, 0.4) is 0 Å². The minimum Gasteiger partial charge on any atom is -0.302 e. The van der Waals surface area contributed by atoms with Crippen LogP contribution in [-0.4, -0.2) is 30.8 Å². The lowest BCUT2D eigenvalue weighted by molar-refractivity contribution is -0.116. The Morgan fingerprint density at radius 2 is 2.25 bits per heavy atom. The molecule has 1 aliphatic heterocycles. The van der Waals surface area contributed by atoms with Gasteiger partial charge in [0.05, 0.1) is 0 Å². The maximum Gasteiger partial charge on any atom is 0.133 e. The SMILES string of the molecule is CC(=O)CC1=C(C)CN(C)CC1. The topological polar surface area (TPSA) is 20.3 Å². The number of Topliss-reactive ketones (excluding diaryl/α,β-unsaturated/α-hetero) is 1. The lowest BCUT2D eigenvalue weighted by atomic mass is 9.97. The van der Waals surface area contributed by atoms with Crippen molar-refractivity contribution in [2.75, 3.05) is 20.1 Å². The number of hydrogen-bond donors (Lipinski definition) is 0. The zero-order chi connectivity index (χ0) is 9.14. The molecule has 0 fully saturated rings. The Balaban J connectivity index is 2.62. The fourth-order valence-corrected chi connectivity index (χ4v) is 1.67. The molecule has 0 radical (unpaired) electrons. The van der Waals surface area contributed by atoms with Gasteiger partial charge in [0, 0.05) is 19.5 Å². The lowest BCUT2D eigenvalue weighted by Crippen LogP contribution is -2.27. The smallest absolute Gasteiger partial charge is 0.133 e. The van der Waals surface area contributed by atoms with E-state index >= 15 is 0 Å². The summed E-state index contributed by atoms with van der Waals surface area (Å²) in [6.45, 7) is 5.93. The molecule has 0 aliphatic carbocycles. The third kappa shape index (κ3) is 2.45. The van der Waals surface area contributed by atoms with Crippen LogP contribution in [0.1, 0.15) is 26.7 Å². The van der Waals surface area contributed by atoms with E-state index in [4.69, 9.17) is 0 Å². The number of nitrogens with zero attached hydrogens (tertiary/aromatic N) is 1. The van der Waals surface area contributed by atoms with E-state index in [0.29, 0.717) is 6.42 Å². The lowest BCUT2D eigenvalue weighted by Gasteiger charge is -2.25. The molecular weight excluding hydrogens is 150 g/mol. The number of hydrogen-bond acceptors (Lipinski definition) is 2. The Kier molecular flexibility index (Phi) is 3.04. The molecule has 2 heteroatoms. The Morgan fingerprint density at radius 3 is 2.75 bits per heavy atom. The maximum absolute atomic E-state index is 10.9. The van der Waals surface area contributed by atoms with Gasteiger partial charge in [-0.15, -0.1) is 0 Å². The molecule has 0 saturated heterocycles. The first-order valence-corrected chi connectivity index (χ1v) is 4.45. The fourth-order valence-electron chi connectivity index (χ4n) is 1.67. The Labute approximate surface area is 74.2 Å². The van der Waals surface area contributed by atoms with Crippen LogP contribution in [0, 0.1) is 0 Å². The van der Waals surface area contributed by atoms with Crippen molar-refractivity contribution in [3.05, 3.63) is 11.1 Å². The highest BCUT2D eigenvalue weighted by atomic mass is 16.1. The van der Waals surface area contributed by atoms with E-state index in [9.17, 15) is 4.79 Å². The zero-order valence-corrected chi connectivity index (χ0v) is 8.18. The van der Waals surface area contributed by atoms with Crippen molar-refractivity contribution < 1.29 is 4.79 Å². The van der Waals surface area contributed by atoms with Crippen molar-refractivity contribution in [2.45, 2.75) is 26.7 Å². The summed E-state index contributed by atoms with van der Waals surface area (Å²) in [5.74, 6) is 0.286. The maximum atomic E-state index is 10.9. The molecule has 1 heterocycles. The average Bonchev–Trinajstić information content (AvgIpc) is 1.94. The van der Waals surface area contributed by atoms with Crippen molar-refractivity contribution >= 4 is 5.78 Å². The van der Waals surface area contributed by atoms with Crippen LogP contribution in [0.25, 0.3) is 0 Å². The summed E-state index contributed by atoms with van der Waals surface area (Å²) in [5.41, 5.74) is 2.75. The number of carbonyl (C=O) groups excluding carboxylic acids is 1. The van der Waals surface area contributed by atoms with Gasteiger partial charge in [-0.2, -0.15) is 0 Å². The van der Waals surface area contributed by atoms with Crippen molar-refractivity contribution in [2.24, 2.45) is 0 Å². The van der Waals surface area contributed by atoms with Gasteiger partial charge in [-0.3, -0.25) is 4.79 Å². The molecule has 0 bridgehead atoms. The Hall–Kier alpha value is -0.630. The summed E-state index contributed by atoms with van der Waals surface area (Å²) in [7, 11) is 2.12. The minimum absolute atomic E-state index is 0.286. The number of likely N-dealkylation sites (N-methyl/N-ethyl adjacent to an activating group) is 1. The second-order valence-corrected chi connectivity index (χ2v) is 3.75. The van der Waals surface area contributed by atoms with Crippen molar-refractivity contribution in [3.8, 4) is 0 Å². The highest BCUT2D eigenvalue weighted by molar-refractivity contribution is 5.78. The van der Waals surface area contributed by atoms with Crippen molar-refractivity contribution in [1.82, 2.24) is 4.90 Å². The monoisotopic (exact) mass is 167 g/mol. The van der Waals surface area contributed by atoms with Gasteiger partial charge in [0.1, 0.15) is 5.78 Å². The predicted molar refractivity (Wildman–Crippen MR) is 50.1 cm³/mol. The number of rotatable bonds is 2. The van der Waals surface area contributed by atoms with Crippen LogP contribution in [0.2, 0.25) is 0 Å². The number of carbonyl (C=O) groups is 1. The normalized spacial score (nSPS) is 19.9. The van der Waals surface area contributed by atoms with Crippen LogP contribution in [0.5, 0.6) is 0 Å². The zero-order valence-electron chi connectivity index (χ0n) is 8.18. The van der Waals surface area contributed by atoms with Crippen molar-refractivity contribution in [3.63, 3.8) is 0 Å². The Bertz CT molecular complexity index is 218. The van der Waals surface area contributed by atoms with Crippen LogP contribution >= 0.6 is 0 Å². The van der Waals surface area contributed by atoms with E-state index in [1.807, 2.05) is 0 Å². The predicted octanol–water partition coefficient (Wildman–Crippen LogP) is 1.62. The molecule has 0 unspecified atom stereocenters. The molecule has 0 N–H and O–H groups in total. The molecule has 0 atom stereocenters. The highest BCUT2D eigenvalue weighted by Gasteiger charge is 2.13. The van der Waals surface area contributed by atoms with E-state index in [1.54, 1.807) is 6.92 Å². The highest BCUT2D eigenvalue weighted by Crippen LogP contribution is 2.19. The molecule has 0 amide bonds. The fraction of sp³-hybridized carbons (Fsp3) is 0.700. The average molecular weight is 167 g/mol. The first-order chi connectivity index (χ1) is 5.59. The second kappa shape index (κ2) is 3.85. The first-order valence-electron chi connectivity index (χ1n) is 4.45. The minimum atomic E-state index is 0.286. The van der Waals surface area contributed by atoms with E-state index in [0.717, 1.165) is 19.5 Å². The van der Waals surface area contributed by atoms with Gasteiger partial charge in [0.25, 0.3) is 0 Å². The summed E-state index contributed by atoms with van der Waals surface area (Å²) >= 11 is 0. The van der Waals surface area contributed by atoms with Crippen LogP contribution in [0.4, 0.5) is 0 Å². The van der Waals surface area contributed by atoms with E-state index in [1.165, 1.54) is 11.1 Å². The standard InChI is InChI=1S/C10H17NO/c1-8-7-11(3)5-4-10(8)6-9(2)12/h4-7H2,1-3H3. The van der Waals surface area contributed by atoms with E-state index in [-0.39, 0.29) is 5.78 Å². The summed E-state index contributed by atoms with van der Waals surface area (Å²) in [6, 6.07) is 0. The quantitative estimate of drug-likeness (QED) is 0.582. The molecule has 0 saturated carbocycles. The second-order valence-electron chi connectivity index (χ2n) is 3.75. The first kappa shape index (κ1) is 9.46. The summed E-state index contributed by atoms with van der Waals surface area (Å²) in [5, 5.41) is 0. The molecule has 0 aromatic carbocycles. The van der Waals surface area contributed by atoms with Gasteiger partial charge in [-0.25, -0.2) is 0 Å². The van der Waals surface area contributed by atoms with Gasteiger partial charge in [-0.05, 0) is 27.3 Å². The van der Waals surface area contributed by atoms with Crippen LogP contribution < -0.4 is 0 Å². The summed E-state index contributed by atoms with van der Waals surface area (Å²) in [4.78, 5) is 13.2. The molecule has 12 heavy (non-hydrogen) atoms. The summed E-state index contributed by atoms with van der Waals surface area (Å²) in [6.07, 6.45) is 1.74. The summed E-state index contributed by atoms with van der Waals surface area (Å²) < 4.78 is 0. The molecule has 1 rings (SSSR count). The number of ketones is 1. The Morgan fingerprint density at radius 1 is 1.58 bits per heavy atom. The molecule has 2 nitrogen and oxygen atoms in total. The van der Waals surface area contributed by atoms with Crippen molar-refractivity contribution in [1.29, 1.82) is 0 Å². The molecule has 68 valence electrons. The van der Waals surface area contributed by atoms with Gasteiger partial charge in [0.2, 0.25) is 0 Å². The van der Waals surface area contributed by atoms with Gasteiger partial charge < -0.3 is 4.90 Å². The largest absolute Gasteiger partial charge is 0.302 e. The molecular formula is C10H17NO. The molecule has 0 spiro atoms. The third-order valence-electron chi connectivity index (χ3n) is 2.37. The molecule has 0 aromatic rings. The van der Waals surface area contributed by atoms with Gasteiger partial charge in [-0.1, -0.05) is 11.1 Å².